The number of aliphatic hydroxyl groups excluding tert-OH is 1. The van der Waals surface area contributed by atoms with Gasteiger partial charge in [0, 0.05) is 0 Å². The van der Waals surface area contributed by atoms with Crippen LogP contribution in [0.3, 0.4) is 0 Å². The second-order valence-electron chi connectivity index (χ2n) is 5.55. The van der Waals surface area contributed by atoms with Crippen LogP contribution in [0.2, 0.25) is 0 Å². The van der Waals surface area contributed by atoms with Crippen molar-refractivity contribution in [2.75, 3.05) is 0 Å². The van der Waals surface area contributed by atoms with Crippen LogP contribution in [0.15, 0.2) is 0 Å². The molecule has 0 saturated heterocycles. The van der Waals surface area contributed by atoms with Gasteiger partial charge in [0.15, 0.2) is 0 Å². The van der Waals surface area contributed by atoms with Gasteiger partial charge in [0.2, 0.25) is 0 Å². The molecule has 0 aliphatic rings. The Balaban J connectivity index is 3.67. The summed E-state index contributed by atoms with van der Waals surface area (Å²) < 4.78 is 0. The maximum Gasteiger partial charge on any atom is 0.0542 e. The molecule has 0 spiro atoms. The first-order chi connectivity index (χ1) is 5.85. The zero-order chi connectivity index (χ0) is 10.5. The topological polar surface area (TPSA) is 20.2 Å². The molecule has 0 saturated carbocycles. The maximum atomic E-state index is 9.62. The molecule has 0 aromatic rings. The van der Waals surface area contributed by atoms with Crippen molar-refractivity contribution in [1.82, 2.24) is 0 Å². The first-order valence-electron chi connectivity index (χ1n) is 5.53. The third-order valence-corrected chi connectivity index (χ3v) is 2.26. The zero-order valence-corrected chi connectivity index (χ0v) is 9.93. The van der Waals surface area contributed by atoms with Crippen LogP contribution in [0, 0.1) is 11.3 Å². The normalized spacial score (nSPS) is 17.1. The summed E-state index contributed by atoms with van der Waals surface area (Å²) in [5.74, 6) is 0.640. The van der Waals surface area contributed by atoms with Gasteiger partial charge >= 0.3 is 0 Å². The lowest BCUT2D eigenvalue weighted by Gasteiger charge is -2.24. The molecule has 0 bridgehead atoms. The Morgan fingerprint density at radius 1 is 1.23 bits per heavy atom. The molecule has 2 atom stereocenters. The van der Waals surface area contributed by atoms with Crippen molar-refractivity contribution in [2.45, 2.75) is 66.4 Å². The largest absolute Gasteiger partial charge is 0.393 e. The van der Waals surface area contributed by atoms with Crippen LogP contribution in [-0.4, -0.2) is 11.2 Å². The number of rotatable bonds is 5. The van der Waals surface area contributed by atoms with Gasteiger partial charge in [-0.3, -0.25) is 0 Å². The second kappa shape index (κ2) is 5.64. The van der Waals surface area contributed by atoms with Crippen molar-refractivity contribution in [2.24, 2.45) is 11.3 Å². The highest BCUT2D eigenvalue weighted by molar-refractivity contribution is 4.69. The van der Waals surface area contributed by atoms with Crippen molar-refractivity contribution >= 4 is 0 Å². The van der Waals surface area contributed by atoms with Crippen LogP contribution in [0.1, 0.15) is 60.3 Å². The fraction of sp³-hybridized carbons (Fsp3) is 1.00. The first-order valence-corrected chi connectivity index (χ1v) is 5.53. The quantitative estimate of drug-likeness (QED) is 0.695. The molecule has 80 valence electrons. The van der Waals surface area contributed by atoms with E-state index in [1.165, 1.54) is 6.42 Å². The average Bonchev–Trinajstić information content (AvgIpc) is 1.81. The first kappa shape index (κ1) is 13.0. The van der Waals surface area contributed by atoms with E-state index in [9.17, 15) is 5.11 Å². The zero-order valence-electron chi connectivity index (χ0n) is 9.93. The van der Waals surface area contributed by atoms with E-state index in [2.05, 4.69) is 34.6 Å². The predicted octanol–water partition coefficient (Wildman–Crippen LogP) is 3.61. The monoisotopic (exact) mass is 186 g/mol. The average molecular weight is 186 g/mol. The van der Waals surface area contributed by atoms with Gasteiger partial charge in [-0.2, -0.15) is 0 Å². The molecule has 0 amide bonds. The van der Waals surface area contributed by atoms with Gasteiger partial charge in [-0.05, 0) is 30.6 Å². The summed E-state index contributed by atoms with van der Waals surface area (Å²) >= 11 is 0. The van der Waals surface area contributed by atoms with Gasteiger partial charge in [-0.15, -0.1) is 0 Å². The Bertz CT molecular complexity index is 124. The fourth-order valence-electron chi connectivity index (χ4n) is 2.04. The van der Waals surface area contributed by atoms with Gasteiger partial charge in [0.05, 0.1) is 6.10 Å². The van der Waals surface area contributed by atoms with E-state index in [0.29, 0.717) is 11.3 Å². The molecular weight excluding hydrogens is 160 g/mol. The van der Waals surface area contributed by atoms with E-state index in [1.807, 2.05) is 0 Å². The van der Waals surface area contributed by atoms with Gasteiger partial charge in [-0.25, -0.2) is 0 Å². The van der Waals surface area contributed by atoms with E-state index in [-0.39, 0.29) is 6.10 Å². The number of hydrogen-bond donors (Lipinski definition) is 1. The van der Waals surface area contributed by atoms with E-state index in [0.717, 1.165) is 19.3 Å². The molecule has 0 aromatic carbocycles. The summed E-state index contributed by atoms with van der Waals surface area (Å²) in [4.78, 5) is 0. The standard InChI is InChI=1S/C12H26O/c1-6-7-11(13)8-10(2)9-12(3,4)5/h10-11,13H,6-9H2,1-5H3. The Morgan fingerprint density at radius 3 is 2.15 bits per heavy atom. The SMILES string of the molecule is CCCC(O)CC(C)CC(C)(C)C. The molecule has 1 nitrogen and oxygen atoms in total. The van der Waals surface area contributed by atoms with E-state index >= 15 is 0 Å². The van der Waals surface area contributed by atoms with Crippen LogP contribution < -0.4 is 0 Å². The highest BCUT2D eigenvalue weighted by atomic mass is 16.3. The minimum atomic E-state index is -0.0812. The van der Waals surface area contributed by atoms with Crippen molar-refractivity contribution in [1.29, 1.82) is 0 Å². The molecule has 0 aliphatic heterocycles. The van der Waals surface area contributed by atoms with Crippen LogP contribution in [-0.2, 0) is 0 Å². The van der Waals surface area contributed by atoms with Crippen molar-refractivity contribution in [3.8, 4) is 0 Å². The summed E-state index contributed by atoms with van der Waals surface area (Å²) in [6.07, 6.45) is 4.12. The molecule has 0 aromatic heterocycles. The van der Waals surface area contributed by atoms with Crippen molar-refractivity contribution < 1.29 is 5.11 Å². The number of hydrogen-bond acceptors (Lipinski definition) is 1. The van der Waals surface area contributed by atoms with Gasteiger partial charge in [-0.1, -0.05) is 41.0 Å². The predicted molar refractivity (Wildman–Crippen MR) is 58.8 cm³/mol. The fourth-order valence-corrected chi connectivity index (χ4v) is 2.04. The molecule has 13 heavy (non-hydrogen) atoms. The van der Waals surface area contributed by atoms with Gasteiger partial charge < -0.3 is 5.11 Å². The van der Waals surface area contributed by atoms with Gasteiger partial charge in [0.1, 0.15) is 0 Å². The van der Waals surface area contributed by atoms with Gasteiger partial charge in [0.25, 0.3) is 0 Å². The lowest BCUT2D eigenvalue weighted by Crippen LogP contribution is -2.16. The highest BCUT2D eigenvalue weighted by Crippen LogP contribution is 2.27. The van der Waals surface area contributed by atoms with E-state index < -0.39 is 0 Å². The van der Waals surface area contributed by atoms with Crippen molar-refractivity contribution in [3.05, 3.63) is 0 Å². The maximum absolute atomic E-state index is 9.62. The lowest BCUT2D eigenvalue weighted by molar-refractivity contribution is 0.123. The molecular formula is C12H26O. The molecule has 0 aliphatic carbocycles. The van der Waals surface area contributed by atoms with Crippen molar-refractivity contribution in [3.63, 3.8) is 0 Å². The lowest BCUT2D eigenvalue weighted by atomic mass is 9.83. The molecule has 2 unspecified atom stereocenters. The molecule has 1 N–H and O–H groups in total. The third kappa shape index (κ3) is 8.29. The summed E-state index contributed by atoms with van der Waals surface area (Å²) in [5, 5.41) is 9.62. The number of aliphatic hydroxyl groups is 1. The molecule has 0 rings (SSSR count). The molecule has 0 fully saturated rings. The van der Waals surface area contributed by atoms with E-state index in [1.54, 1.807) is 0 Å². The van der Waals surface area contributed by atoms with Crippen LogP contribution in [0.5, 0.6) is 0 Å². The molecule has 0 radical (unpaired) electrons. The summed E-state index contributed by atoms with van der Waals surface area (Å²) in [6, 6.07) is 0. The second-order valence-corrected chi connectivity index (χ2v) is 5.55. The highest BCUT2D eigenvalue weighted by Gasteiger charge is 2.17. The Labute approximate surface area is 83.5 Å². The Morgan fingerprint density at radius 2 is 1.77 bits per heavy atom. The Kier molecular flexibility index (Phi) is 5.62. The minimum Gasteiger partial charge on any atom is -0.393 e. The van der Waals surface area contributed by atoms with Crippen LogP contribution in [0.25, 0.3) is 0 Å². The minimum absolute atomic E-state index is 0.0812. The van der Waals surface area contributed by atoms with Crippen LogP contribution in [0.4, 0.5) is 0 Å². The van der Waals surface area contributed by atoms with E-state index in [4.69, 9.17) is 0 Å². The smallest absolute Gasteiger partial charge is 0.0542 e. The third-order valence-electron chi connectivity index (χ3n) is 2.26. The Hall–Kier alpha value is -0.0400. The van der Waals surface area contributed by atoms with Crippen LogP contribution >= 0.6 is 0 Å². The molecule has 0 heterocycles. The summed E-state index contributed by atoms with van der Waals surface area (Å²) in [5.41, 5.74) is 0.394. The summed E-state index contributed by atoms with van der Waals surface area (Å²) in [6.45, 7) is 11.1. The summed E-state index contributed by atoms with van der Waals surface area (Å²) in [7, 11) is 0. The molecule has 1 heteroatoms.